The van der Waals surface area contributed by atoms with Gasteiger partial charge in [0.1, 0.15) is 16.2 Å². The number of thiophene rings is 1. The maximum Gasteiger partial charge on any atom is 0.234 e. The van der Waals surface area contributed by atoms with Gasteiger partial charge in [0.2, 0.25) is 5.91 Å². The first-order valence-corrected chi connectivity index (χ1v) is 11.9. The summed E-state index contributed by atoms with van der Waals surface area (Å²) in [7, 11) is 0. The van der Waals surface area contributed by atoms with Crippen LogP contribution in [0.2, 0.25) is 0 Å². The molecule has 0 saturated heterocycles. The van der Waals surface area contributed by atoms with Gasteiger partial charge in [-0.05, 0) is 55.2 Å². The number of fused-ring (bicyclic) bond motifs is 3. The molecular formula is C23H27N3OS2. The minimum atomic E-state index is -0.0116. The van der Waals surface area contributed by atoms with Gasteiger partial charge in [-0.1, -0.05) is 50.2 Å². The summed E-state index contributed by atoms with van der Waals surface area (Å²) < 4.78 is 0. The van der Waals surface area contributed by atoms with E-state index in [2.05, 4.69) is 36.1 Å². The van der Waals surface area contributed by atoms with Crippen LogP contribution in [0.3, 0.4) is 0 Å². The van der Waals surface area contributed by atoms with Crippen molar-refractivity contribution in [2.24, 2.45) is 11.3 Å². The van der Waals surface area contributed by atoms with E-state index in [0.29, 0.717) is 17.1 Å². The Labute approximate surface area is 180 Å². The first kappa shape index (κ1) is 20.4. The Morgan fingerprint density at radius 2 is 2.00 bits per heavy atom. The molecule has 0 radical (unpaired) electrons. The summed E-state index contributed by atoms with van der Waals surface area (Å²) in [6.07, 6.45) is 5.03. The molecule has 1 aromatic carbocycles. The number of anilines is 1. The van der Waals surface area contributed by atoms with Gasteiger partial charge >= 0.3 is 0 Å². The zero-order valence-electron chi connectivity index (χ0n) is 17.4. The molecule has 1 aliphatic carbocycles. The van der Waals surface area contributed by atoms with E-state index < -0.39 is 0 Å². The molecule has 1 atom stereocenters. The summed E-state index contributed by atoms with van der Waals surface area (Å²) in [5.41, 5.74) is 3.74. The molecule has 2 heterocycles. The van der Waals surface area contributed by atoms with Crippen LogP contribution in [-0.4, -0.2) is 21.6 Å². The van der Waals surface area contributed by atoms with Crippen LogP contribution in [0.15, 0.2) is 35.6 Å². The highest BCUT2D eigenvalue weighted by Gasteiger charge is 2.31. The molecule has 0 unspecified atom stereocenters. The van der Waals surface area contributed by atoms with Gasteiger partial charge < -0.3 is 5.32 Å². The number of hydrogen-bond acceptors (Lipinski definition) is 5. The minimum Gasteiger partial charge on any atom is -0.325 e. The zero-order chi connectivity index (χ0) is 20.6. The molecule has 0 aliphatic heterocycles. The van der Waals surface area contributed by atoms with E-state index >= 15 is 0 Å². The number of thioether (sulfide) groups is 1. The SMILES string of the molecule is Cc1ccc(NC(=O)CSc2ncnc3sc4c(c23)CC[C@@H](C(C)(C)C)C4)cc1. The number of aryl methyl sites for hydroxylation is 2. The number of benzene rings is 1. The molecule has 0 bridgehead atoms. The quantitative estimate of drug-likeness (QED) is 0.419. The number of rotatable bonds is 4. The fourth-order valence-corrected chi connectivity index (χ4v) is 6.06. The summed E-state index contributed by atoms with van der Waals surface area (Å²) in [6, 6.07) is 7.86. The predicted octanol–water partition coefficient (Wildman–Crippen LogP) is 5.88. The van der Waals surface area contributed by atoms with Crippen molar-refractivity contribution in [3.05, 3.63) is 46.6 Å². The highest BCUT2D eigenvalue weighted by Crippen LogP contribution is 2.44. The van der Waals surface area contributed by atoms with E-state index in [4.69, 9.17) is 0 Å². The number of nitrogens with one attached hydrogen (secondary N) is 1. The molecule has 1 aliphatic rings. The van der Waals surface area contributed by atoms with Crippen molar-refractivity contribution in [1.82, 2.24) is 9.97 Å². The van der Waals surface area contributed by atoms with Crippen molar-refractivity contribution in [2.75, 3.05) is 11.1 Å². The Morgan fingerprint density at radius 1 is 1.24 bits per heavy atom. The third-order valence-corrected chi connectivity index (χ3v) is 7.86. The molecule has 1 N–H and O–H groups in total. The summed E-state index contributed by atoms with van der Waals surface area (Å²) in [6.45, 7) is 9.05. The molecule has 29 heavy (non-hydrogen) atoms. The minimum absolute atomic E-state index is 0.0116. The molecule has 0 saturated carbocycles. The lowest BCUT2D eigenvalue weighted by molar-refractivity contribution is -0.113. The topological polar surface area (TPSA) is 54.9 Å². The van der Waals surface area contributed by atoms with Crippen LogP contribution in [0, 0.1) is 18.3 Å². The fraction of sp³-hybridized carbons (Fsp3) is 0.435. The maximum absolute atomic E-state index is 12.4. The number of aromatic nitrogens is 2. The van der Waals surface area contributed by atoms with Gasteiger partial charge in [0.05, 0.1) is 5.75 Å². The van der Waals surface area contributed by atoms with Crippen LogP contribution in [0.5, 0.6) is 0 Å². The van der Waals surface area contributed by atoms with E-state index in [-0.39, 0.29) is 5.91 Å². The van der Waals surface area contributed by atoms with Crippen LogP contribution >= 0.6 is 23.1 Å². The van der Waals surface area contributed by atoms with Crippen LogP contribution < -0.4 is 5.32 Å². The third-order valence-electron chi connectivity index (χ3n) is 5.71. The van der Waals surface area contributed by atoms with Crippen LogP contribution in [0.4, 0.5) is 5.69 Å². The molecule has 6 heteroatoms. The second kappa shape index (κ2) is 8.07. The maximum atomic E-state index is 12.4. The number of carbonyl (C=O) groups is 1. The summed E-state index contributed by atoms with van der Waals surface area (Å²) in [5.74, 6) is 1.03. The molecule has 0 fully saturated rings. The lowest BCUT2D eigenvalue weighted by Gasteiger charge is -2.33. The number of carbonyl (C=O) groups excluding carboxylic acids is 1. The van der Waals surface area contributed by atoms with E-state index in [0.717, 1.165) is 28.4 Å². The molecule has 152 valence electrons. The lowest BCUT2D eigenvalue weighted by Crippen LogP contribution is -2.26. The average molecular weight is 426 g/mol. The van der Waals surface area contributed by atoms with Gasteiger partial charge in [0, 0.05) is 16.0 Å². The Kier molecular flexibility index (Phi) is 5.67. The van der Waals surface area contributed by atoms with E-state index in [1.54, 1.807) is 17.7 Å². The fourth-order valence-electron chi connectivity index (χ4n) is 3.90. The first-order valence-electron chi connectivity index (χ1n) is 10.1. The molecule has 2 aromatic heterocycles. The van der Waals surface area contributed by atoms with Crippen LogP contribution in [-0.2, 0) is 17.6 Å². The molecule has 0 spiro atoms. The van der Waals surface area contributed by atoms with Crippen molar-refractivity contribution in [3.63, 3.8) is 0 Å². The lowest BCUT2D eigenvalue weighted by atomic mass is 9.72. The summed E-state index contributed by atoms with van der Waals surface area (Å²) in [5, 5.41) is 5.07. The van der Waals surface area contributed by atoms with Crippen molar-refractivity contribution in [1.29, 1.82) is 0 Å². The smallest absolute Gasteiger partial charge is 0.234 e. The molecule has 1 amide bonds. The van der Waals surface area contributed by atoms with Crippen molar-refractivity contribution < 1.29 is 4.79 Å². The molecule has 4 rings (SSSR count). The van der Waals surface area contributed by atoms with Crippen molar-refractivity contribution in [2.45, 2.75) is 52.0 Å². The molecule has 3 aromatic rings. The number of hydrogen-bond donors (Lipinski definition) is 1. The summed E-state index contributed by atoms with van der Waals surface area (Å²) in [4.78, 5) is 24.0. The van der Waals surface area contributed by atoms with E-state index in [9.17, 15) is 4.79 Å². The third kappa shape index (κ3) is 4.48. The van der Waals surface area contributed by atoms with Gasteiger partial charge in [-0.2, -0.15) is 0 Å². The van der Waals surface area contributed by atoms with Gasteiger partial charge in [-0.25, -0.2) is 9.97 Å². The van der Waals surface area contributed by atoms with E-state index in [1.807, 2.05) is 31.2 Å². The van der Waals surface area contributed by atoms with Gasteiger partial charge in [-0.3, -0.25) is 4.79 Å². The predicted molar refractivity (Wildman–Crippen MR) is 123 cm³/mol. The normalized spacial score (nSPS) is 16.6. The van der Waals surface area contributed by atoms with Gasteiger partial charge in [0.25, 0.3) is 0 Å². The second-order valence-corrected chi connectivity index (χ2v) is 10.9. The van der Waals surface area contributed by atoms with Gasteiger partial charge in [0.15, 0.2) is 0 Å². The first-order chi connectivity index (χ1) is 13.8. The molecular weight excluding hydrogens is 398 g/mol. The Morgan fingerprint density at radius 3 is 2.72 bits per heavy atom. The highest BCUT2D eigenvalue weighted by molar-refractivity contribution is 8.00. The number of amides is 1. The monoisotopic (exact) mass is 425 g/mol. The second-order valence-electron chi connectivity index (χ2n) is 8.87. The summed E-state index contributed by atoms with van der Waals surface area (Å²) >= 11 is 3.31. The van der Waals surface area contributed by atoms with Crippen molar-refractivity contribution in [3.8, 4) is 0 Å². The van der Waals surface area contributed by atoms with Crippen LogP contribution in [0.25, 0.3) is 10.2 Å². The van der Waals surface area contributed by atoms with Crippen LogP contribution in [0.1, 0.15) is 43.2 Å². The Balaban J connectivity index is 1.50. The van der Waals surface area contributed by atoms with Gasteiger partial charge in [-0.15, -0.1) is 11.3 Å². The zero-order valence-corrected chi connectivity index (χ0v) is 19.0. The highest BCUT2D eigenvalue weighted by atomic mass is 32.2. The average Bonchev–Trinajstić information content (AvgIpc) is 3.06. The van der Waals surface area contributed by atoms with E-state index in [1.165, 1.54) is 39.6 Å². The van der Waals surface area contributed by atoms with Crippen molar-refractivity contribution >= 4 is 44.9 Å². The molecule has 4 nitrogen and oxygen atoms in total. The Bertz CT molecular complexity index is 1030. The largest absolute Gasteiger partial charge is 0.325 e. The Hall–Kier alpha value is -1.92. The standard InChI is InChI=1S/C23H27N3OS2/c1-14-5-8-16(9-6-14)26-19(27)12-28-21-20-17-10-7-15(23(2,3)4)11-18(17)29-22(20)25-13-24-21/h5-6,8-9,13,15H,7,10-12H2,1-4H3,(H,26,27)/t15-/m1/s1. The number of nitrogens with zero attached hydrogens (tertiary/aromatic N) is 2.